The van der Waals surface area contributed by atoms with Crippen LogP contribution in [0.2, 0.25) is 0 Å². The van der Waals surface area contributed by atoms with Gasteiger partial charge in [-0.2, -0.15) is 5.10 Å². The van der Waals surface area contributed by atoms with E-state index in [0.717, 1.165) is 5.69 Å². The lowest BCUT2D eigenvalue weighted by atomic mass is 10.2. The molecule has 0 saturated heterocycles. The van der Waals surface area contributed by atoms with Crippen molar-refractivity contribution in [1.82, 2.24) is 10.2 Å². The van der Waals surface area contributed by atoms with Crippen molar-refractivity contribution in [3.63, 3.8) is 0 Å². The molecule has 0 aliphatic heterocycles. The van der Waals surface area contributed by atoms with Gasteiger partial charge in [-0.05, 0) is 38.8 Å². The molecule has 1 heterocycles. The van der Waals surface area contributed by atoms with Crippen molar-refractivity contribution in [3.05, 3.63) is 17.8 Å². The third kappa shape index (κ3) is 2.93. The van der Waals surface area contributed by atoms with Crippen molar-refractivity contribution >= 4 is 11.8 Å². The first kappa shape index (κ1) is 11.8. The van der Waals surface area contributed by atoms with Crippen LogP contribution >= 0.6 is 0 Å². The minimum Gasteiger partial charge on any atom is -0.480 e. The highest BCUT2D eigenvalue weighted by Crippen LogP contribution is 2.38. The summed E-state index contributed by atoms with van der Waals surface area (Å²) >= 11 is 0. The SMILES string of the molecule is CC(C)N(CC(=O)O)c1ccc(C2CC2)nn1. The highest BCUT2D eigenvalue weighted by molar-refractivity contribution is 5.73. The first-order valence-corrected chi connectivity index (χ1v) is 5.90. The first-order valence-electron chi connectivity index (χ1n) is 5.90. The molecule has 2 rings (SSSR count). The van der Waals surface area contributed by atoms with E-state index in [9.17, 15) is 4.79 Å². The Balaban J connectivity index is 2.14. The highest BCUT2D eigenvalue weighted by atomic mass is 16.4. The monoisotopic (exact) mass is 235 g/mol. The zero-order valence-corrected chi connectivity index (χ0v) is 10.1. The van der Waals surface area contributed by atoms with Gasteiger partial charge in [0.05, 0.1) is 5.69 Å². The van der Waals surface area contributed by atoms with E-state index in [1.807, 2.05) is 26.0 Å². The van der Waals surface area contributed by atoms with Crippen LogP contribution in [0.15, 0.2) is 12.1 Å². The standard InChI is InChI=1S/C12H17N3O2/c1-8(2)15(7-12(16)17)11-6-5-10(13-14-11)9-3-4-9/h5-6,8-9H,3-4,7H2,1-2H3,(H,16,17). The van der Waals surface area contributed by atoms with Crippen LogP contribution in [-0.4, -0.2) is 33.9 Å². The van der Waals surface area contributed by atoms with Crippen molar-refractivity contribution in [1.29, 1.82) is 0 Å². The Bertz CT molecular complexity index is 399. The summed E-state index contributed by atoms with van der Waals surface area (Å²) in [5.41, 5.74) is 1.02. The normalized spacial score (nSPS) is 15.0. The molecule has 1 aliphatic carbocycles. The number of carbonyl (C=O) groups is 1. The van der Waals surface area contributed by atoms with Crippen molar-refractivity contribution in [2.75, 3.05) is 11.4 Å². The molecule has 5 nitrogen and oxygen atoms in total. The molecule has 1 saturated carbocycles. The van der Waals surface area contributed by atoms with Gasteiger partial charge in [0.1, 0.15) is 6.54 Å². The fourth-order valence-electron chi connectivity index (χ4n) is 1.76. The van der Waals surface area contributed by atoms with Crippen LogP contribution in [0, 0.1) is 0 Å². The van der Waals surface area contributed by atoms with Crippen molar-refractivity contribution in [3.8, 4) is 0 Å². The smallest absolute Gasteiger partial charge is 0.323 e. The molecular formula is C12H17N3O2. The third-order valence-electron chi connectivity index (χ3n) is 2.89. The highest BCUT2D eigenvalue weighted by Gasteiger charge is 2.25. The van der Waals surface area contributed by atoms with E-state index in [1.54, 1.807) is 4.90 Å². The maximum absolute atomic E-state index is 10.8. The van der Waals surface area contributed by atoms with Gasteiger partial charge < -0.3 is 10.0 Å². The topological polar surface area (TPSA) is 66.3 Å². The van der Waals surface area contributed by atoms with E-state index in [0.29, 0.717) is 11.7 Å². The number of aliphatic carboxylic acids is 1. The summed E-state index contributed by atoms with van der Waals surface area (Å²) in [6, 6.07) is 3.91. The lowest BCUT2D eigenvalue weighted by Gasteiger charge is -2.25. The first-order chi connectivity index (χ1) is 8.08. The number of hydrogen-bond acceptors (Lipinski definition) is 4. The van der Waals surface area contributed by atoms with E-state index >= 15 is 0 Å². The van der Waals surface area contributed by atoms with Gasteiger partial charge in [-0.1, -0.05) is 0 Å². The number of nitrogens with zero attached hydrogens (tertiary/aromatic N) is 3. The van der Waals surface area contributed by atoms with Gasteiger partial charge in [0.15, 0.2) is 5.82 Å². The number of anilines is 1. The second-order valence-electron chi connectivity index (χ2n) is 4.71. The Hall–Kier alpha value is -1.65. The van der Waals surface area contributed by atoms with E-state index in [4.69, 9.17) is 5.11 Å². The molecule has 92 valence electrons. The van der Waals surface area contributed by atoms with Crippen LogP contribution < -0.4 is 4.90 Å². The number of carboxylic acids is 1. The summed E-state index contributed by atoms with van der Waals surface area (Å²) in [5, 5.41) is 17.2. The second kappa shape index (κ2) is 4.69. The zero-order valence-electron chi connectivity index (χ0n) is 10.1. The molecule has 1 aromatic heterocycles. The van der Waals surface area contributed by atoms with Gasteiger partial charge in [0.2, 0.25) is 0 Å². The van der Waals surface area contributed by atoms with E-state index in [1.165, 1.54) is 12.8 Å². The molecule has 17 heavy (non-hydrogen) atoms. The molecule has 1 aromatic rings. The lowest BCUT2D eigenvalue weighted by Crippen LogP contribution is -2.36. The van der Waals surface area contributed by atoms with Gasteiger partial charge in [0.25, 0.3) is 0 Å². The third-order valence-corrected chi connectivity index (χ3v) is 2.89. The summed E-state index contributed by atoms with van der Waals surface area (Å²) in [7, 11) is 0. The molecule has 0 aromatic carbocycles. The molecule has 0 radical (unpaired) electrons. The fraction of sp³-hybridized carbons (Fsp3) is 0.583. The molecule has 1 aliphatic rings. The predicted octanol–water partition coefficient (Wildman–Crippen LogP) is 1.65. The van der Waals surface area contributed by atoms with Gasteiger partial charge in [0, 0.05) is 12.0 Å². The average molecular weight is 235 g/mol. The van der Waals surface area contributed by atoms with Gasteiger partial charge in [-0.3, -0.25) is 4.79 Å². The maximum atomic E-state index is 10.8. The summed E-state index contributed by atoms with van der Waals surface area (Å²) in [4.78, 5) is 12.5. The zero-order chi connectivity index (χ0) is 12.4. The molecule has 0 unspecified atom stereocenters. The van der Waals surface area contributed by atoms with E-state index in [-0.39, 0.29) is 12.6 Å². The Labute approximate surface area is 100 Å². The summed E-state index contributed by atoms with van der Waals surface area (Å²) in [5.74, 6) is 0.349. The van der Waals surface area contributed by atoms with Crippen molar-refractivity contribution in [2.24, 2.45) is 0 Å². The van der Waals surface area contributed by atoms with Crippen LogP contribution in [0.25, 0.3) is 0 Å². The lowest BCUT2D eigenvalue weighted by molar-refractivity contribution is -0.135. The predicted molar refractivity (Wildman–Crippen MR) is 64.1 cm³/mol. The van der Waals surface area contributed by atoms with Gasteiger partial charge >= 0.3 is 5.97 Å². The number of rotatable bonds is 5. The Morgan fingerprint density at radius 2 is 2.18 bits per heavy atom. The van der Waals surface area contributed by atoms with E-state index in [2.05, 4.69) is 10.2 Å². The maximum Gasteiger partial charge on any atom is 0.323 e. The number of aromatic nitrogens is 2. The largest absolute Gasteiger partial charge is 0.480 e. The Morgan fingerprint density at radius 1 is 1.47 bits per heavy atom. The molecule has 0 spiro atoms. The molecule has 0 bridgehead atoms. The number of carboxylic acid groups (broad SMARTS) is 1. The van der Waals surface area contributed by atoms with Crippen LogP contribution in [-0.2, 0) is 4.79 Å². The van der Waals surface area contributed by atoms with Crippen molar-refractivity contribution < 1.29 is 9.90 Å². The van der Waals surface area contributed by atoms with Gasteiger partial charge in [-0.15, -0.1) is 5.10 Å². The molecule has 5 heteroatoms. The number of hydrogen-bond donors (Lipinski definition) is 1. The van der Waals surface area contributed by atoms with Crippen LogP contribution in [0.1, 0.15) is 38.3 Å². The minimum atomic E-state index is -0.855. The average Bonchev–Trinajstić information content (AvgIpc) is 3.09. The molecular weight excluding hydrogens is 218 g/mol. The summed E-state index contributed by atoms with van der Waals surface area (Å²) in [6.45, 7) is 3.84. The molecule has 1 N–H and O–H groups in total. The summed E-state index contributed by atoms with van der Waals surface area (Å²) in [6.07, 6.45) is 2.38. The molecule has 0 atom stereocenters. The minimum absolute atomic E-state index is 0.0465. The van der Waals surface area contributed by atoms with Crippen molar-refractivity contribution in [2.45, 2.75) is 38.6 Å². The van der Waals surface area contributed by atoms with E-state index < -0.39 is 5.97 Å². The Kier molecular flexibility index (Phi) is 3.26. The van der Waals surface area contributed by atoms with Gasteiger partial charge in [-0.25, -0.2) is 0 Å². The quantitative estimate of drug-likeness (QED) is 0.840. The van der Waals surface area contributed by atoms with Crippen LogP contribution in [0.3, 0.4) is 0 Å². The fourth-order valence-corrected chi connectivity index (χ4v) is 1.76. The second-order valence-corrected chi connectivity index (χ2v) is 4.71. The summed E-state index contributed by atoms with van der Waals surface area (Å²) < 4.78 is 0. The Morgan fingerprint density at radius 3 is 2.59 bits per heavy atom. The van der Waals surface area contributed by atoms with Crippen LogP contribution in [0.5, 0.6) is 0 Å². The molecule has 0 amide bonds. The van der Waals surface area contributed by atoms with Crippen LogP contribution in [0.4, 0.5) is 5.82 Å². The molecule has 1 fully saturated rings.